The number of nitrogens with zero attached hydrogens (tertiary/aromatic N) is 1. The van der Waals surface area contributed by atoms with Gasteiger partial charge in [0.05, 0.1) is 11.9 Å². The molecule has 0 spiro atoms. The van der Waals surface area contributed by atoms with E-state index in [2.05, 4.69) is 46.7 Å². The lowest BCUT2D eigenvalue weighted by atomic mass is 9.74. The van der Waals surface area contributed by atoms with Crippen LogP contribution in [-0.4, -0.2) is 16.2 Å². The molecule has 2 N–H and O–H groups in total. The smallest absolute Gasteiger partial charge is 0.0725 e. The highest BCUT2D eigenvalue weighted by atomic mass is 15.1. The zero-order chi connectivity index (χ0) is 11.7. The summed E-state index contributed by atoms with van der Waals surface area (Å²) in [6, 6.07) is 9.30. The summed E-state index contributed by atoms with van der Waals surface area (Å²) in [5.41, 5.74) is 4.02. The molecule has 0 radical (unpaired) electrons. The second-order valence-electron chi connectivity index (χ2n) is 4.85. The van der Waals surface area contributed by atoms with Crippen LogP contribution in [0.25, 0.3) is 0 Å². The van der Waals surface area contributed by atoms with Gasteiger partial charge in [0, 0.05) is 12.2 Å². The third kappa shape index (κ3) is 2.05. The van der Waals surface area contributed by atoms with Gasteiger partial charge in [-0.25, -0.2) is 0 Å². The van der Waals surface area contributed by atoms with Crippen molar-refractivity contribution in [3.05, 3.63) is 47.8 Å². The lowest BCUT2D eigenvalue weighted by Gasteiger charge is -2.37. The number of aromatic nitrogens is 2. The van der Waals surface area contributed by atoms with E-state index in [1.807, 2.05) is 12.4 Å². The summed E-state index contributed by atoms with van der Waals surface area (Å²) in [4.78, 5) is 0. The molecule has 1 aliphatic carbocycles. The minimum atomic E-state index is 0.595. The molecule has 0 bridgehead atoms. The number of rotatable bonds is 3. The zero-order valence-corrected chi connectivity index (χ0v) is 9.98. The molecule has 2 aromatic rings. The Morgan fingerprint density at radius 3 is 2.82 bits per heavy atom. The van der Waals surface area contributed by atoms with Crippen molar-refractivity contribution in [3.63, 3.8) is 0 Å². The summed E-state index contributed by atoms with van der Waals surface area (Å²) in [5.74, 6) is 0.723. The third-order valence-corrected chi connectivity index (χ3v) is 3.64. The molecular formula is C14H17N3. The molecule has 1 aliphatic rings. The fourth-order valence-corrected chi connectivity index (χ4v) is 2.60. The van der Waals surface area contributed by atoms with E-state index in [9.17, 15) is 0 Å². The Hall–Kier alpha value is -1.77. The predicted molar refractivity (Wildman–Crippen MR) is 69.2 cm³/mol. The highest BCUT2D eigenvalue weighted by Gasteiger charge is 2.30. The van der Waals surface area contributed by atoms with E-state index < -0.39 is 0 Å². The SMILES string of the molecule is Cc1ccccc1C1CC(Nc2cn[nH]c2)C1. The Labute approximate surface area is 101 Å². The molecule has 17 heavy (non-hydrogen) atoms. The number of benzene rings is 1. The summed E-state index contributed by atoms with van der Waals surface area (Å²) < 4.78 is 0. The highest BCUT2D eigenvalue weighted by Crippen LogP contribution is 2.39. The molecule has 0 aliphatic heterocycles. The zero-order valence-electron chi connectivity index (χ0n) is 9.98. The molecule has 0 saturated heterocycles. The normalized spacial score (nSPS) is 23.1. The number of hydrogen-bond donors (Lipinski definition) is 2. The molecular weight excluding hydrogens is 210 g/mol. The van der Waals surface area contributed by atoms with Gasteiger partial charge in [0.1, 0.15) is 0 Å². The van der Waals surface area contributed by atoms with Crippen LogP contribution in [0.3, 0.4) is 0 Å². The van der Waals surface area contributed by atoms with E-state index in [1.54, 1.807) is 0 Å². The molecule has 1 aromatic carbocycles. The van der Waals surface area contributed by atoms with Crippen LogP contribution < -0.4 is 5.32 Å². The van der Waals surface area contributed by atoms with Crippen LogP contribution in [-0.2, 0) is 0 Å². The number of aryl methyl sites for hydroxylation is 1. The van der Waals surface area contributed by atoms with Gasteiger partial charge in [-0.05, 0) is 36.8 Å². The summed E-state index contributed by atoms with van der Waals surface area (Å²) >= 11 is 0. The Balaban J connectivity index is 1.60. The topological polar surface area (TPSA) is 40.7 Å². The molecule has 1 saturated carbocycles. The van der Waals surface area contributed by atoms with Crippen LogP contribution in [0.15, 0.2) is 36.7 Å². The molecule has 1 heterocycles. The number of aromatic amines is 1. The van der Waals surface area contributed by atoms with E-state index in [1.165, 1.54) is 24.0 Å². The molecule has 0 amide bonds. The lowest BCUT2D eigenvalue weighted by Crippen LogP contribution is -2.34. The molecule has 0 atom stereocenters. The van der Waals surface area contributed by atoms with Crippen LogP contribution in [0.1, 0.15) is 29.9 Å². The fourth-order valence-electron chi connectivity index (χ4n) is 2.60. The van der Waals surface area contributed by atoms with Crippen molar-refractivity contribution in [1.82, 2.24) is 10.2 Å². The van der Waals surface area contributed by atoms with Crippen molar-refractivity contribution >= 4 is 5.69 Å². The van der Waals surface area contributed by atoms with Crippen LogP contribution in [0.4, 0.5) is 5.69 Å². The summed E-state index contributed by atoms with van der Waals surface area (Å²) in [5, 5.41) is 10.2. The Bertz CT molecular complexity index is 484. The second kappa shape index (κ2) is 4.24. The average Bonchev–Trinajstić information content (AvgIpc) is 2.77. The molecule has 3 rings (SSSR count). The van der Waals surface area contributed by atoms with E-state index in [0.717, 1.165) is 11.6 Å². The van der Waals surface area contributed by atoms with Gasteiger partial charge in [0.15, 0.2) is 0 Å². The molecule has 3 nitrogen and oxygen atoms in total. The van der Waals surface area contributed by atoms with E-state index in [0.29, 0.717) is 6.04 Å². The Morgan fingerprint density at radius 2 is 2.12 bits per heavy atom. The van der Waals surface area contributed by atoms with Gasteiger partial charge in [-0.2, -0.15) is 5.10 Å². The first-order valence-electron chi connectivity index (χ1n) is 6.14. The maximum atomic E-state index is 3.94. The van der Waals surface area contributed by atoms with Gasteiger partial charge in [-0.3, -0.25) is 5.10 Å². The van der Waals surface area contributed by atoms with Crippen molar-refractivity contribution in [2.75, 3.05) is 5.32 Å². The number of H-pyrrole nitrogens is 1. The Morgan fingerprint density at radius 1 is 1.29 bits per heavy atom. The van der Waals surface area contributed by atoms with Crippen LogP contribution in [0.2, 0.25) is 0 Å². The van der Waals surface area contributed by atoms with Crippen molar-refractivity contribution in [2.24, 2.45) is 0 Å². The van der Waals surface area contributed by atoms with Gasteiger partial charge in [-0.15, -0.1) is 0 Å². The van der Waals surface area contributed by atoms with Crippen LogP contribution in [0, 0.1) is 6.92 Å². The number of hydrogen-bond acceptors (Lipinski definition) is 2. The van der Waals surface area contributed by atoms with E-state index >= 15 is 0 Å². The molecule has 3 heteroatoms. The monoisotopic (exact) mass is 227 g/mol. The first kappa shape index (κ1) is 10.4. The van der Waals surface area contributed by atoms with Gasteiger partial charge >= 0.3 is 0 Å². The number of nitrogens with one attached hydrogen (secondary N) is 2. The average molecular weight is 227 g/mol. The fraction of sp³-hybridized carbons (Fsp3) is 0.357. The quantitative estimate of drug-likeness (QED) is 0.846. The van der Waals surface area contributed by atoms with Crippen molar-refractivity contribution in [3.8, 4) is 0 Å². The molecule has 1 fully saturated rings. The van der Waals surface area contributed by atoms with E-state index in [-0.39, 0.29) is 0 Å². The summed E-state index contributed by atoms with van der Waals surface area (Å²) in [6.45, 7) is 2.20. The first-order valence-corrected chi connectivity index (χ1v) is 6.14. The molecule has 1 aromatic heterocycles. The van der Waals surface area contributed by atoms with Gasteiger partial charge in [0.2, 0.25) is 0 Å². The third-order valence-electron chi connectivity index (χ3n) is 3.64. The van der Waals surface area contributed by atoms with Crippen LogP contribution in [0.5, 0.6) is 0 Å². The summed E-state index contributed by atoms with van der Waals surface area (Å²) in [7, 11) is 0. The molecule has 0 unspecified atom stereocenters. The highest BCUT2D eigenvalue weighted by molar-refractivity contribution is 5.41. The standard InChI is InChI=1S/C14H17N3/c1-10-4-2-3-5-14(10)11-6-12(7-11)17-13-8-15-16-9-13/h2-5,8-9,11-12,17H,6-7H2,1H3,(H,15,16). The minimum absolute atomic E-state index is 0.595. The maximum Gasteiger partial charge on any atom is 0.0725 e. The van der Waals surface area contributed by atoms with Crippen molar-refractivity contribution in [2.45, 2.75) is 31.7 Å². The second-order valence-corrected chi connectivity index (χ2v) is 4.85. The Kier molecular flexibility index (Phi) is 2.59. The van der Waals surface area contributed by atoms with Crippen LogP contribution >= 0.6 is 0 Å². The largest absolute Gasteiger partial charge is 0.380 e. The summed E-state index contributed by atoms with van der Waals surface area (Å²) in [6.07, 6.45) is 6.17. The maximum absolute atomic E-state index is 3.94. The van der Waals surface area contributed by atoms with Gasteiger partial charge in [-0.1, -0.05) is 24.3 Å². The van der Waals surface area contributed by atoms with Gasteiger partial charge < -0.3 is 5.32 Å². The predicted octanol–water partition coefficient (Wildman–Crippen LogP) is 3.08. The van der Waals surface area contributed by atoms with Crippen molar-refractivity contribution in [1.29, 1.82) is 0 Å². The van der Waals surface area contributed by atoms with E-state index in [4.69, 9.17) is 0 Å². The first-order chi connectivity index (χ1) is 8.33. The number of anilines is 1. The van der Waals surface area contributed by atoms with Gasteiger partial charge in [0.25, 0.3) is 0 Å². The lowest BCUT2D eigenvalue weighted by molar-refractivity contribution is 0.373. The molecule has 88 valence electrons. The van der Waals surface area contributed by atoms with Crippen molar-refractivity contribution < 1.29 is 0 Å². The minimum Gasteiger partial charge on any atom is -0.380 e.